The average Bonchev–Trinajstić information content (AvgIpc) is 3.02. The molecule has 5 heteroatoms. The molecule has 2 unspecified atom stereocenters. The maximum Gasteiger partial charge on any atom is 0.224 e. The number of aromatic hydroxyl groups is 1. The van der Waals surface area contributed by atoms with Crippen LogP contribution in [0.15, 0.2) is 18.2 Å². The molecule has 2 aliphatic rings. The number of hydrogen-bond acceptors (Lipinski definition) is 3. The van der Waals surface area contributed by atoms with E-state index in [4.69, 9.17) is 0 Å². The molecule has 0 bridgehead atoms. The lowest BCUT2D eigenvalue weighted by molar-refractivity contribution is -0.126. The molecule has 1 amide bonds. The van der Waals surface area contributed by atoms with Crippen molar-refractivity contribution >= 4 is 5.91 Å². The summed E-state index contributed by atoms with van der Waals surface area (Å²) >= 11 is 0. The monoisotopic (exact) mass is 320 g/mol. The van der Waals surface area contributed by atoms with Gasteiger partial charge in [0.05, 0.1) is 5.92 Å². The van der Waals surface area contributed by atoms with E-state index in [9.17, 15) is 14.3 Å². The fraction of sp³-hybridized carbons (Fsp3) is 0.611. The Balaban J connectivity index is 1.81. The zero-order chi connectivity index (χ0) is 16.2. The van der Waals surface area contributed by atoms with Gasteiger partial charge in [-0.25, -0.2) is 4.39 Å². The van der Waals surface area contributed by atoms with E-state index in [2.05, 4.69) is 10.2 Å². The first kappa shape index (κ1) is 16.2. The van der Waals surface area contributed by atoms with Crippen molar-refractivity contribution < 1.29 is 14.3 Å². The van der Waals surface area contributed by atoms with Crippen LogP contribution in [0.5, 0.6) is 5.75 Å². The lowest BCUT2D eigenvalue weighted by Crippen LogP contribution is -2.45. The van der Waals surface area contributed by atoms with E-state index in [-0.39, 0.29) is 23.6 Å². The van der Waals surface area contributed by atoms with Crippen molar-refractivity contribution in [2.24, 2.45) is 5.92 Å². The number of nitrogens with one attached hydrogen (secondary N) is 1. The van der Waals surface area contributed by atoms with Gasteiger partial charge in [-0.3, -0.25) is 9.69 Å². The van der Waals surface area contributed by atoms with Gasteiger partial charge in [-0.2, -0.15) is 0 Å². The molecule has 2 atom stereocenters. The number of hydrogen-bond donors (Lipinski definition) is 2. The van der Waals surface area contributed by atoms with Gasteiger partial charge in [0.2, 0.25) is 5.91 Å². The van der Waals surface area contributed by atoms with Crippen molar-refractivity contribution in [1.82, 2.24) is 10.2 Å². The van der Waals surface area contributed by atoms with E-state index in [1.54, 1.807) is 12.1 Å². The summed E-state index contributed by atoms with van der Waals surface area (Å²) in [6, 6.07) is 4.86. The first-order valence-electron chi connectivity index (χ1n) is 8.65. The molecule has 2 N–H and O–H groups in total. The molecule has 1 saturated heterocycles. The Bertz CT molecular complexity index is 564. The summed E-state index contributed by atoms with van der Waals surface area (Å²) in [5, 5.41) is 13.0. The second-order valence-electron chi connectivity index (χ2n) is 6.67. The Labute approximate surface area is 136 Å². The summed E-state index contributed by atoms with van der Waals surface area (Å²) in [5.41, 5.74) is 0.605. The highest BCUT2D eigenvalue weighted by Crippen LogP contribution is 2.33. The quantitative estimate of drug-likeness (QED) is 0.881. The minimum absolute atomic E-state index is 0.0174. The molecule has 3 rings (SSSR count). The third kappa shape index (κ3) is 3.66. The van der Waals surface area contributed by atoms with E-state index in [1.165, 1.54) is 6.07 Å². The fourth-order valence-corrected chi connectivity index (χ4v) is 3.91. The zero-order valence-corrected chi connectivity index (χ0v) is 13.4. The van der Waals surface area contributed by atoms with Crippen molar-refractivity contribution in [3.05, 3.63) is 29.6 Å². The number of carbonyl (C=O) groups excluding carboxylic acids is 1. The summed E-state index contributed by atoms with van der Waals surface area (Å²) in [6.45, 7) is 2.16. The van der Waals surface area contributed by atoms with Crippen molar-refractivity contribution in [2.45, 2.75) is 51.1 Å². The van der Waals surface area contributed by atoms with Crippen LogP contribution in [0.3, 0.4) is 0 Å². The van der Waals surface area contributed by atoms with Gasteiger partial charge in [0.1, 0.15) is 0 Å². The van der Waals surface area contributed by atoms with Crippen molar-refractivity contribution in [2.75, 3.05) is 13.1 Å². The molecule has 1 aromatic carbocycles. The van der Waals surface area contributed by atoms with Crippen LogP contribution >= 0.6 is 0 Å². The first-order valence-corrected chi connectivity index (χ1v) is 8.65. The molecule has 0 spiro atoms. The Morgan fingerprint density at radius 3 is 2.96 bits per heavy atom. The van der Waals surface area contributed by atoms with Gasteiger partial charge in [0, 0.05) is 24.7 Å². The van der Waals surface area contributed by atoms with E-state index in [0.717, 1.165) is 51.6 Å². The van der Waals surface area contributed by atoms with E-state index >= 15 is 0 Å². The highest BCUT2D eigenvalue weighted by Gasteiger charge is 2.37. The largest absolute Gasteiger partial charge is 0.505 e. The number of rotatable bonds is 2. The van der Waals surface area contributed by atoms with Crippen LogP contribution in [0, 0.1) is 11.7 Å². The summed E-state index contributed by atoms with van der Waals surface area (Å²) < 4.78 is 13.6. The zero-order valence-electron chi connectivity index (χ0n) is 13.4. The third-order valence-electron chi connectivity index (χ3n) is 5.15. The lowest BCUT2D eigenvalue weighted by Gasteiger charge is -2.33. The topological polar surface area (TPSA) is 52.6 Å². The van der Waals surface area contributed by atoms with Crippen LogP contribution in [0.1, 0.15) is 44.1 Å². The van der Waals surface area contributed by atoms with Crippen LogP contribution < -0.4 is 5.32 Å². The second-order valence-corrected chi connectivity index (χ2v) is 6.67. The number of para-hydroxylation sites is 1. The highest BCUT2D eigenvalue weighted by atomic mass is 19.1. The molecular weight excluding hydrogens is 295 g/mol. The number of nitrogens with zero attached hydrogens (tertiary/aromatic N) is 1. The SMILES string of the molecule is O=C1NCCCCCN(Cc2cccc(F)c2O)C2CCCC12. The first-order chi connectivity index (χ1) is 11.2. The summed E-state index contributed by atoms with van der Waals surface area (Å²) in [7, 11) is 0. The minimum atomic E-state index is -0.579. The number of phenols is 1. The lowest BCUT2D eigenvalue weighted by atomic mass is 9.98. The molecule has 1 aromatic rings. The van der Waals surface area contributed by atoms with Gasteiger partial charge in [-0.15, -0.1) is 0 Å². The molecule has 126 valence electrons. The molecular formula is C18H25FN2O2. The molecule has 0 radical (unpaired) electrons. The number of phenolic OH excluding ortho intramolecular Hbond substituents is 1. The molecule has 2 fully saturated rings. The van der Waals surface area contributed by atoms with Crippen molar-refractivity contribution in [1.29, 1.82) is 0 Å². The van der Waals surface area contributed by atoms with Gasteiger partial charge in [-0.1, -0.05) is 25.0 Å². The summed E-state index contributed by atoms with van der Waals surface area (Å²) in [4.78, 5) is 14.7. The van der Waals surface area contributed by atoms with Crippen LogP contribution in [0.25, 0.3) is 0 Å². The molecule has 4 nitrogen and oxygen atoms in total. The number of amides is 1. The highest BCUT2D eigenvalue weighted by molar-refractivity contribution is 5.79. The predicted octanol–water partition coefficient (Wildman–Crippen LogP) is 2.80. The number of benzene rings is 1. The number of fused-ring (bicyclic) bond motifs is 1. The maximum absolute atomic E-state index is 13.6. The molecule has 23 heavy (non-hydrogen) atoms. The fourth-order valence-electron chi connectivity index (χ4n) is 3.91. The van der Waals surface area contributed by atoms with Gasteiger partial charge < -0.3 is 10.4 Å². The summed E-state index contributed by atoms with van der Waals surface area (Å²) in [5.74, 6) is -0.667. The van der Waals surface area contributed by atoms with Crippen LogP contribution in [-0.2, 0) is 11.3 Å². The summed E-state index contributed by atoms with van der Waals surface area (Å²) in [6.07, 6.45) is 6.10. The molecule has 1 saturated carbocycles. The second kappa shape index (κ2) is 7.30. The van der Waals surface area contributed by atoms with E-state index in [1.807, 2.05) is 0 Å². The van der Waals surface area contributed by atoms with Crippen LogP contribution in [0.2, 0.25) is 0 Å². The van der Waals surface area contributed by atoms with Gasteiger partial charge in [0.15, 0.2) is 11.6 Å². The van der Waals surface area contributed by atoms with E-state index in [0.29, 0.717) is 12.1 Å². The smallest absolute Gasteiger partial charge is 0.224 e. The number of carbonyl (C=O) groups is 1. The van der Waals surface area contributed by atoms with Crippen LogP contribution in [0.4, 0.5) is 4.39 Å². The van der Waals surface area contributed by atoms with Gasteiger partial charge in [-0.05, 0) is 38.3 Å². The van der Waals surface area contributed by atoms with Gasteiger partial charge >= 0.3 is 0 Å². The predicted molar refractivity (Wildman–Crippen MR) is 86.5 cm³/mol. The van der Waals surface area contributed by atoms with Crippen LogP contribution in [-0.4, -0.2) is 35.0 Å². The molecule has 1 heterocycles. The Hall–Kier alpha value is -1.62. The molecule has 1 aliphatic heterocycles. The van der Waals surface area contributed by atoms with Crippen molar-refractivity contribution in [3.8, 4) is 5.75 Å². The maximum atomic E-state index is 13.6. The molecule has 1 aliphatic carbocycles. The minimum Gasteiger partial charge on any atom is -0.505 e. The molecule has 0 aromatic heterocycles. The average molecular weight is 320 g/mol. The Morgan fingerprint density at radius 1 is 1.22 bits per heavy atom. The Kier molecular flexibility index (Phi) is 5.16. The van der Waals surface area contributed by atoms with Crippen molar-refractivity contribution in [3.63, 3.8) is 0 Å². The van der Waals surface area contributed by atoms with Gasteiger partial charge in [0.25, 0.3) is 0 Å². The Morgan fingerprint density at radius 2 is 2.09 bits per heavy atom. The normalized spacial score (nSPS) is 26.6. The third-order valence-corrected chi connectivity index (χ3v) is 5.15. The number of halogens is 1. The van der Waals surface area contributed by atoms with E-state index < -0.39 is 5.82 Å². The standard InChI is InChI=1S/C18H25FN2O2/c19-15-8-4-6-13(17(15)22)12-21-11-3-1-2-10-20-18(23)14-7-5-9-16(14)21/h4,6,8,14,16,22H,1-3,5,7,9-12H2,(H,20,23).